The summed E-state index contributed by atoms with van der Waals surface area (Å²) in [4.78, 5) is 0. The molecule has 8 heteroatoms. The molecule has 0 radical (unpaired) electrons. The zero-order chi connectivity index (χ0) is 16.2. The Balaban J connectivity index is 1.59. The van der Waals surface area contributed by atoms with Crippen molar-refractivity contribution < 1.29 is 9.26 Å². The van der Waals surface area contributed by atoms with Crippen molar-refractivity contribution in [1.82, 2.24) is 19.9 Å². The third-order valence-corrected chi connectivity index (χ3v) is 4.44. The van der Waals surface area contributed by atoms with Crippen LogP contribution in [0.4, 0.5) is 0 Å². The molecule has 0 aliphatic heterocycles. The Bertz CT molecular complexity index is 785. The first-order chi connectivity index (χ1) is 11.1. The second-order valence-electron chi connectivity index (χ2n) is 4.92. The second kappa shape index (κ2) is 7.06. The fraction of sp³-hybridized carbons (Fsp3) is 0.267. The van der Waals surface area contributed by atoms with Crippen LogP contribution < -0.4 is 4.74 Å². The molecule has 1 aromatic carbocycles. The number of aromatic nitrogens is 4. The van der Waals surface area contributed by atoms with Gasteiger partial charge in [0, 0.05) is 23.9 Å². The largest absolute Gasteiger partial charge is 0.486 e. The van der Waals surface area contributed by atoms with Crippen molar-refractivity contribution in [3.8, 4) is 5.75 Å². The van der Waals surface area contributed by atoms with Crippen LogP contribution in [0.25, 0.3) is 0 Å². The van der Waals surface area contributed by atoms with Gasteiger partial charge < -0.3 is 13.8 Å². The van der Waals surface area contributed by atoms with Gasteiger partial charge in [-0.1, -0.05) is 28.5 Å². The van der Waals surface area contributed by atoms with Crippen LogP contribution in [0.3, 0.4) is 0 Å². The highest BCUT2D eigenvalue weighted by molar-refractivity contribution is 7.98. The lowest BCUT2D eigenvalue weighted by Gasteiger charge is -2.06. The zero-order valence-corrected chi connectivity index (χ0v) is 14.3. The summed E-state index contributed by atoms with van der Waals surface area (Å²) in [6.07, 6.45) is 0. The summed E-state index contributed by atoms with van der Waals surface area (Å²) in [5.74, 6) is 2.97. The number of hydrogen-bond donors (Lipinski definition) is 0. The van der Waals surface area contributed by atoms with Crippen molar-refractivity contribution in [2.45, 2.75) is 24.4 Å². The number of hydrogen-bond acceptors (Lipinski definition) is 6. The highest BCUT2D eigenvalue weighted by Crippen LogP contribution is 2.22. The van der Waals surface area contributed by atoms with Crippen molar-refractivity contribution >= 4 is 23.4 Å². The van der Waals surface area contributed by atoms with Gasteiger partial charge in [0.25, 0.3) is 0 Å². The molecule has 0 spiro atoms. The predicted octanol–water partition coefficient (Wildman–Crippen LogP) is 3.64. The summed E-state index contributed by atoms with van der Waals surface area (Å²) in [5, 5.41) is 13.8. The van der Waals surface area contributed by atoms with Crippen LogP contribution in [0.15, 0.2) is 40.0 Å². The molecule has 0 N–H and O–H groups in total. The SMILES string of the molecule is Cc1cc(CSc2nnc(COc3ccc(Cl)cc3)n2C)no1. The first kappa shape index (κ1) is 15.9. The van der Waals surface area contributed by atoms with E-state index >= 15 is 0 Å². The molecule has 2 aromatic heterocycles. The highest BCUT2D eigenvalue weighted by Gasteiger charge is 2.11. The fourth-order valence-corrected chi connectivity index (χ4v) is 2.84. The average molecular weight is 351 g/mol. The molecular weight excluding hydrogens is 336 g/mol. The normalized spacial score (nSPS) is 10.9. The van der Waals surface area contributed by atoms with Crippen molar-refractivity contribution in [1.29, 1.82) is 0 Å². The van der Waals surface area contributed by atoms with E-state index in [4.69, 9.17) is 20.9 Å². The van der Waals surface area contributed by atoms with E-state index in [9.17, 15) is 0 Å². The van der Waals surface area contributed by atoms with Crippen LogP contribution in [0.2, 0.25) is 5.02 Å². The summed E-state index contributed by atoms with van der Waals surface area (Å²) < 4.78 is 12.6. The molecule has 6 nitrogen and oxygen atoms in total. The standard InChI is InChI=1S/C15H15ClN4O2S/c1-10-7-12(19-22-10)9-23-15-18-17-14(20(15)2)8-21-13-5-3-11(16)4-6-13/h3-7H,8-9H2,1-2H3. The van der Waals surface area contributed by atoms with Gasteiger partial charge in [-0.25, -0.2) is 0 Å². The number of ether oxygens (including phenoxy) is 1. The first-order valence-corrected chi connectivity index (χ1v) is 8.30. The summed E-state index contributed by atoms with van der Waals surface area (Å²) in [6, 6.07) is 9.12. The Labute approximate surface area is 142 Å². The van der Waals surface area contributed by atoms with E-state index in [2.05, 4.69) is 15.4 Å². The van der Waals surface area contributed by atoms with Gasteiger partial charge in [0.1, 0.15) is 18.1 Å². The van der Waals surface area contributed by atoms with E-state index in [-0.39, 0.29) is 0 Å². The Morgan fingerprint density at radius 2 is 2.04 bits per heavy atom. The van der Waals surface area contributed by atoms with Gasteiger partial charge in [0.15, 0.2) is 11.0 Å². The van der Waals surface area contributed by atoms with Crippen molar-refractivity contribution in [2.24, 2.45) is 7.05 Å². The topological polar surface area (TPSA) is 66.0 Å². The molecule has 0 aliphatic carbocycles. The van der Waals surface area contributed by atoms with Gasteiger partial charge in [-0.05, 0) is 31.2 Å². The van der Waals surface area contributed by atoms with Crippen molar-refractivity contribution in [3.63, 3.8) is 0 Å². The maximum Gasteiger partial charge on any atom is 0.191 e. The lowest BCUT2D eigenvalue weighted by atomic mass is 10.3. The van der Waals surface area contributed by atoms with E-state index in [1.165, 1.54) is 0 Å². The average Bonchev–Trinajstić information content (AvgIpc) is 3.11. The summed E-state index contributed by atoms with van der Waals surface area (Å²) in [7, 11) is 1.91. The lowest BCUT2D eigenvalue weighted by molar-refractivity contribution is 0.290. The number of thioether (sulfide) groups is 1. The molecule has 120 valence electrons. The van der Waals surface area contributed by atoms with E-state index in [1.54, 1.807) is 23.9 Å². The molecule has 0 saturated carbocycles. The van der Waals surface area contributed by atoms with Crippen LogP contribution in [0.1, 0.15) is 17.3 Å². The summed E-state index contributed by atoms with van der Waals surface area (Å²) in [5.41, 5.74) is 0.884. The highest BCUT2D eigenvalue weighted by atomic mass is 35.5. The first-order valence-electron chi connectivity index (χ1n) is 6.93. The molecular formula is C15H15ClN4O2S. The second-order valence-corrected chi connectivity index (χ2v) is 6.30. The number of halogens is 1. The summed E-state index contributed by atoms with van der Waals surface area (Å²) >= 11 is 7.40. The van der Waals surface area contributed by atoms with Crippen LogP contribution in [0.5, 0.6) is 5.75 Å². The minimum absolute atomic E-state index is 0.342. The van der Waals surface area contributed by atoms with Crippen LogP contribution in [-0.2, 0) is 19.4 Å². The number of rotatable bonds is 6. The van der Waals surface area contributed by atoms with Crippen LogP contribution in [-0.4, -0.2) is 19.9 Å². The molecule has 0 amide bonds. The molecule has 3 aromatic rings. The van der Waals surface area contributed by atoms with E-state index in [0.717, 1.165) is 28.2 Å². The smallest absolute Gasteiger partial charge is 0.191 e. The van der Waals surface area contributed by atoms with Gasteiger partial charge in [-0.2, -0.15) is 0 Å². The Morgan fingerprint density at radius 3 is 2.74 bits per heavy atom. The van der Waals surface area contributed by atoms with Gasteiger partial charge in [-0.3, -0.25) is 0 Å². The minimum Gasteiger partial charge on any atom is -0.486 e. The minimum atomic E-state index is 0.342. The molecule has 23 heavy (non-hydrogen) atoms. The third-order valence-electron chi connectivity index (χ3n) is 3.13. The van der Waals surface area contributed by atoms with E-state index in [1.807, 2.05) is 36.7 Å². The van der Waals surface area contributed by atoms with E-state index in [0.29, 0.717) is 17.4 Å². The lowest BCUT2D eigenvalue weighted by Crippen LogP contribution is -2.04. The monoisotopic (exact) mass is 350 g/mol. The van der Waals surface area contributed by atoms with E-state index < -0.39 is 0 Å². The molecule has 0 aliphatic rings. The Kier molecular flexibility index (Phi) is 4.88. The number of benzene rings is 1. The zero-order valence-electron chi connectivity index (χ0n) is 12.7. The molecule has 0 fully saturated rings. The number of nitrogens with zero attached hydrogens (tertiary/aromatic N) is 4. The maximum atomic E-state index is 5.85. The predicted molar refractivity (Wildman–Crippen MR) is 87.6 cm³/mol. The molecule has 0 bridgehead atoms. The van der Waals surface area contributed by atoms with Gasteiger partial charge in [0.2, 0.25) is 0 Å². The molecule has 2 heterocycles. The van der Waals surface area contributed by atoms with Crippen LogP contribution >= 0.6 is 23.4 Å². The Morgan fingerprint density at radius 1 is 1.26 bits per heavy atom. The van der Waals surface area contributed by atoms with Gasteiger partial charge in [-0.15, -0.1) is 10.2 Å². The molecule has 0 saturated heterocycles. The van der Waals surface area contributed by atoms with Crippen molar-refractivity contribution in [3.05, 3.63) is 52.6 Å². The Hall–Kier alpha value is -1.99. The fourth-order valence-electron chi connectivity index (χ4n) is 1.90. The molecule has 0 unspecified atom stereocenters. The quantitative estimate of drug-likeness (QED) is 0.632. The van der Waals surface area contributed by atoms with Gasteiger partial charge in [0.05, 0.1) is 5.69 Å². The van der Waals surface area contributed by atoms with Crippen LogP contribution in [0, 0.1) is 6.92 Å². The van der Waals surface area contributed by atoms with Crippen molar-refractivity contribution in [2.75, 3.05) is 0 Å². The third kappa shape index (κ3) is 4.05. The summed E-state index contributed by atoms with van der Waals surface area (Å²) in [6.45, 7) is 2.21. The maximum absolute atomic E-state index is 5.85. The number of aryl methyl sites for hydroxylation is 1. The van der Waals surface area contributed by atoms with Gasteiger partial charge >= 0.3 is 0 Å². The molecule has 0 atom stereocenters. The molecule has 3 rings (SSSR count).